The van der Waals surface area contributed by atoms with Crippen LogP contribution in [0.25, 0.3) is 0 Å². The van der Waals surface area contributed by atoms with Crippen LogP contribution in [0.1, 0.15) is 18.1 Å². The molecule has 1 heterocycles. The monoisotopic (exact) mass is 235 g/mol. The van der Waals surface area contributed by atoms with Crippen LogP contribution in [0.4, 0.5) is 0 Å². The van der Waals surface area contributed by atoms with Crippen molar-refractivity contribution in [2.75, 3.05) is 26.9 Å². The number of ether oxygens (including phenoxy) is 2. The Balaban J connectivity index is 1.85. The van der Waals surface area contributed by atoms with Crippen LogP contribution in [0.3, 0.4) is 0 Å². The molecule has 94 valence electrons. The molecule has 0 saturated carbocycles. The molecule has 0 amide bonds. The summed E-state index contributed by atoms with van der Waals surface area (Å²) < 4.78 is 10.4. The van der Waals surface area contributed by atoms with Crippen molar-refractivity contribution >= 4 is 0 Å². The van der Waals surface area contributed by atoms with Gasteiger partial charge in [-0.1, -0.05) is 31.2 Å². The van der Waals surface area contributed by atoms with E-state index in [2.05, 4.69) is 36.5 Å². The average molecular weight is 235 g/mol. The number of hydrogen-bond donors (Lipinski definition) is 1. The van der Waals surface area contributed by atoms with Gasteiger partial charge in [0.05, 0.1) is 19.8 Å². The van der Waals surface area contributed by atoms with Gasteiger partial charge in [-0.15, -0.1) is 0 Å². The van der Waals surface area contributed by atoms with Crippen molar-refractivity contribution in [3.8, 4) is 0 Å². The predicted octanol–water partition coefficient (Wildman–Crippen LogP) is 1.96. The molecule has 1 aromatic carbocycles. The molecule has 0 aliphatic carbocycles. The second kappa shape index (κ2) is 5.63. The van der Waals surface area contributed by atoms with Gasteiger partial charge in [-0.2, -0.15) is 0 Å². The third kappa shape index (κ3) is 3.28. The summed E-state index contributed by atoms with van der Waals surface area (Å²) in [6, 6.07) is 8.40. The van der Waals surface area contributed by atoms with Crippen LogP contribution < -0.4 is 5.32 Å². The zero-order valence-electron chi connectivity index (χ0n) is 10.7. The molecule has 1 fully saturated rings. The van der Waals surface area contributed by atoms with Crippen LogP contribution in [0, 0.1) is 5.41 Å². The van der Waals surface area contributed by atoms with Gasteiger partial charge in [0.2, 0.25) is 0 Å². The molecule has 0 aromatic heterocycles. The van der Waals surface area contributed by atoms with Gasteiger partial charge in [0.25, 0.3) is 0 Å². The van der Waals surface area contributed by atoms with Crippen molar-refractivity contribution in [2.24, 2.45) is 5.41 Å². The Hall–Kier alpha value is -0.900. The van der Waals surface area contributed by atoms with Gasteiger partial charge in [-0.25, -0.2) is 0 Å². The van der Waals surface area contributed by atoms with E-state index in [1.165, 1.54) is 11.1 Å². The summed E-state index contributed by atoms with van der Waals surface area (Å²) in [4.78, 5) is 0. The molecule has 0 bridgehead atoms. The summed E-state index contributed by atoms with van der Waals surface area (Å²) in [6.07, 6.45) is 0. The van der Waals surface area contributed by atoms with E-state index in [0.29, 0.717) is 12.0 Å². The molecule has 3 nitrogen and oxygen atoms in total. The minimum Gasteiger partial charge on any atom is -0.380 e. The van der Waals surface area contributed by atoms with Gasteiger partial charge in [0.15, 0.2) is 0 Å². The van der Waals surface area contributed by atoms with E-state index >= 15 is 0 Å². The standard InChI is InChI=1S/C14H21NO2/c1-14(10-17-11-14)9-15-7-12-5-3-4-6-13(12)8-16-2/h3-6,15H,7-11H2,1-2H3. The number of benzene rings is 1. The fourth-order valence-electron chi connectivity index (χ4n) is 2.08. The maximum absolute atomic E-state index is 5.24. The molecule has 0 atom stereocenters. The van der Waals surface area contributed by atoms with Crippen molar-refractivity contribution in [1.82, 2.24) is 5.32 Å². The first kappa shape index (κ1) is 12.6. The zero-order valence-corrected chi connectivity index (χ0v) is 10.7. The van der Waals surface area contributed by atoms with Gasteiger partial charge in [0.1, 0.15) is 0 Å². The third-order valence-corrected chi connectivity index (χ3v) is 3.19. The molecule has 17 heavy (non-hydrogen) atoms. The maximum atomic E-state index is 5.24. The molecule has 1 aliphatic heterocycles. The fourth-order valence-corrected chi connectivity index (χ4v) is 2.08. The van der Waals surface area contributed by atoms with Gasteiger partial charge >= 0.3 is 0 Å². The first-order valence-electron chi connectivity index (χ1n) is 6.08. The Morgan fingerprint density at radius 3 is 2.59 bits per heavy atom. The maximum Gasteiger partial charge on any atom is 0.0716 e. The lowest BCUT2D eigenvalue weighted by molar-refractivity contribution is -0.0991. The highest BCUT2D eigenvalue weighted by Crippen LogP contribution is 2.25. The molecular weight excluding hydrogens is 214 g/mol. The first-order valence-corrected chi connectivity index (χ1v) is 6.08. The lowest BCUT2D eigenvalue weighted by Crippen LogP contribution is -2.47. The van der Waals surface area contributed by atoms with E-state index in [9.17, 15) is 0 Å². The zero-order chi connectivity index (χ0) is 12.1. The highest BCUT2D eigenvalue weighted by atomic mass is 16.5. The van der Waals surface area contributed by atoms with Crippen molar-refractivity contribution < 1.29 is 9.47 Å². The van der Waals surface area contributed by atoms with Crippen LogP contribution in [0.15, 0.2) is 24.3 Å². The van der Waals surface area contributed by atoms with Gasteiger partial charge in [-0.05, 0) is 11.1 Å². The normalized spacial score (nSPS) is 17.8. The van der Waals surface area contributed by atoms with Crippen LogP contribution in [0.2, 0.25) is 0 Å². The molecule has 1 aliphatic rings. The minimum atomic E-state index is 0.330. The smallest absolute Gasteiger partial charge is 0.0716 e. The number of hydrogen-bond acceptors (Lipinski definition) is 3. The predicted molar refractivity (Wildman–Crippen MR) is 67.8 cm³/mol. The Morgan fingerprint density at radius 2 is 2.00 bits per heavy atom. The second-order valence-electron chi connectivity index (χ2n) is 5.11. The number of rotatable bonds is 6. The summed E-state index contributed by atoms with van der Waals surface area (Å²) in [6.45, 7) is 6.59. The third-order valence-electron chi connectivity index (χ3n) is 3.19. The van der Waals surface area contributed by atoms with Gasteiger partial charge in [0, 0.05) is 25.6 Å². The van der Waals surface area contributed by atoms with E-state index in [0.717, 1.165) is 26.3 Å². The highest BCUT2D eigenvalue weighted by molar-refractivity contribution is 5.26. The fraction of sp³-hybridized carbons (Fsp3) is 0.571. The van der Waals surface area contributed by atoms with Crippen LogP contribution in [-0.2, 0) is 22.6 Å². The minimum absolute atomic E-state index is 0.330. The summed E-state index contributed by atoms with van der Waals surface area (Å²) in [5.74, 6) is 0. The SMILES string of the molecule is COCc1ccccc1CNCC1(C)COC1. The Bertz CT molecular complexity index is 361. The molecule has 3 heteroatoms. The van der Waals surface area contributed by atoms with Crippen molar-refractivity contribution in [3.05, 3.63) is 35.4 Å². The molecule has 0 radical (unpaired) electrons. The Morgan fingerprint density at radius 1 is 1.29 bits per heavy atom. The van der Waals surface area contributed by atoms with E-state index < -0.39 is 0 Å². The van der Waals surface area contributed by atoms with Gasteiger partial charge < -0.3 is 14.8 Å². The van der Waals surface area contributed by atoms with Crippen molar-refractivity contribution in [2.45, 2.75) is 20.1 Å². The summed E-state index contributed by atoms with van der Waals surface area (Å²) in [7, 11) is 1.73. The Kier molecular flexibility index (Phi) is 4.15. The number of nitrogens with one attached hydrogen (secondary N) is 1. The molecule has 0 unspecified atom stereocenters. The molecule has 1 N–H and O–H groups in total. The second-order valence-corrected chi connectivity index (χ2v) is 5.11. The lowest BCUT2D eigenvalue weighted by Gasteiger charge is -2.38. The summed E-state index contributed by atoms with van der Waals surface area (Å²) >= 11 is 0. The molecular formula is C14H21NO2. The quantitative estimate of drug-likeness (QED) is 0.817. The highest BCUT2D eigenvalue weighted by Gasteiger charge is 2.32. The van der Waals surface area contributed by atoms with E-state index in [1.807, 2.05) is 0 Å². The van der Waals surface area contributed by atoms with Crippen molar-refractivity contribution in [1.29, 1.82) is 0 Å². The Labute approximate surface area is 103 Å². The molecule has 1 saturated heterocycles. The lowest BCUT2D eigenvalue weighted by atomic mass is 9.88. The van der Waals surface area contributed by atoms with E-state index in [-0.39, 0.29) is 0 Å². The first-order chi connectivity index (χ1) is 8.23. The van der Waals surface area contributed by atoms with Crippen molar-refractivity contribution in [3.63, 3.8) is 0 Å². The topological polar surface area (TPSA) is 30.5 Å². The molecule has 0 spiro atoms. The van der Waals surface area contributed by atoms with Crippen LogP contribution in [-0.4, -0.2) is 26.9 Å². The molecule has 2 rings (SSSR count). The molecule has 1 aromatic rings. The van der Waals surface area contributed by atoms with Gasteiger partial charge in [-0.3, -0.25) is 0 Å². The van der Waals surface area contributed by atoms with Crippen LogP contribution in [0.5, 0.6) is 0 Å². The van der Waals surface area contributed by atoms with E-state index in [4.69, 9.17) is 9.47 Å². The summed E-state index contributed by atoms with van der Waals surface area (Å²) in [5.41, 5.74) is 2.91. The number of methoxy groups -OCH3 is 1. The van der Waals surface area contributed by atoms with Crippen LogP contribution >= 0.6 is 0 Å². The largest absolute Gasteiger partial charge is 0.380 e. The average Bonchev–Trinajstić information content (AvgIpc) is 2.29. The van der Waals surface area contributed by atoms with E-state index in [1.54, 1.807) is 7.11 Å². The summed E-state index contributed by atoms with van der Waals surface area (Å²) in [5, 5.41) is 3.51.